The van der Waals surface area contributed by atoms with Gasteiger partial charge in [-0.1, -0.05) is 12.1 Å². The molecule has 1 unspecified atom stereocenters. The highest BCUT2D eigenvalue weighted by Gasteiger charge is 2.33. The van der Waals surface area contributed by atoms with E-state index >= 15 is 0 Å². The van der Waals surface area contributed by atoms with Crippen LogP contribution in [0.1, 0.15) is 18.4 Å². The summed E-state index contributed by atoms with van der Waals surface area (Å²) in [5.74, 6) is -1.17. The molecule has 1 N–H and O–H groups in total. The van der Waals surface area contributed by atoms with Gasteiger partial charge in [-0.3, -0.25) is 9.48 Å². The first kappa shape index (κ1) is 21.2. The molecule has 3 aromatic rings. The number of hydrogen-bond acceptors (Lipinski definition) is 4. The van der Waals surface area contributed by atoms with Gasteiger partial charge in [0.2, 0.25) is 15.9 Å². The van der Waals surface area contributed by atoms with Crippen molar-refractivity contribution in [2.24, 2.45) is 5.92 Å². The molecule has 1 fully saturated rings. The first-order valence-electron chi connectivity index (χ1n) is 10.0. The Morgan fingerprint density at radius 2 is 1.97 bits per heavy atom. The van der Waals surface area contributed by atoms with Crippen molar-refractivity contribution < 1.29 is 17.6 Å². The lowest BCUT2D eigenvalue weighted by Gasteiger charge is -2.31. The number of anilines is 1. The standard InChI is InChI=1S/C22H23FN4O3S/c23-19-7-9-21(10-8-19)31(29,30)27-13-2-5-18(16-27)22(28)25-20-6-1-4-17(14-20)15-26-12-3-11-24-26/h1,3-4,6-12,14,18H,2,5,13,15-16H2,(H,25,28). The number of hydrogen-bond donors (Lipinski definition) is 1. The highest BCUT2D eigenvalue weighted by molar-refractivity contribution is 7.89. The van der Waals surface area contributed by atoms with Crippen molar-refractivity contribution in [1.82, 2.24) is 14.1 Å². The second-order valence-electron chi connectivity index (χ2n) is 7.55. The van der Waals surface area contributed by atoms with Gasteiger partial charge in [-0.25, -0.2) is 12.8 Å². The van der Waals surface area contributed by atoms with Gasteiger partial charge in [-0.05, 0) is 60.9 Å². The van der Waals surface area contributed by atoms with Crippen LogP contribution < -0.4 is 5.32 Å². The quantitative estimate of drug-likeness (QED) is 0.636. The number of nitrogens with one attached hydrogen (secondary N) is 1. The lowest BCUT2D eigenvalue weighted by molar-refractivity contribution is -0.120. The van der Waals surface area contributed by atoms with Gasteiger partial charge in [-0.15, -0.1) is 0 Å². The number of amides is 1. The predicted molar refractivity (Wildman–Crippen MR) is 114 cm³/mol. The molecule has 1 saturated heterocycles. The maximum Gasteiger partial charge on any atom is 0.243 e. The minimum Gasteiger partial charge on any atom is -0.326 e. The molecule has 0 aliphatic carbocycles. The van der Waals surface area contributed by atoms with E-state index in [1.165, 1.54) is 16.4 Å². The lowest BCUT2D eigenvalue weighted by atomic mass is 9.98. The van der Waals surface area contributed by atoms with Crippen molar-refractivity contribution in [3.8, 4) is 0 Å². The third kappa shape index (κ3) is 5.00. The molecule has 1 aromatic heterocycles. The highest BCUT2D eigenvalue weighted by atomic mass is 32.2. The molecule has 0 saturated carbocycles. The fourth-order valence-electron chi connectivity index (χ4n) is 3.70. The highest BCUT2D eigenvalue weighted by Crippen LogP contribution is 2.25. The third-order valence-corrected chi connectivity index (χ3v) is 7.18. The third-order valence-electron chi connectivity index (χ3n) is 5.30. The molecule has 31 heavy (non-hydrogen) atoms. The van der Waals surface area contributed by atoms with Crippen LogP contribution in [0.15, 0.2) is 71.9 Å². The van der Waals surface area contributed by atoms with Gasteiger partial charge in [0.15, 0.2) is 0 Å². The number of carbonyl (C=O) groups is 1. The lowest BCUT2D eigenvalue weighted by Crippen LogP contribution is -2.43. The Morgan fingerprint density at radius 1 is 1.16 bits per heavy atom. The number of halogens is 1. The Kier molecular flexibility index (Phi) is 6.15. The van der Waals surface area contributed by atoms with Crippen molar-refractivity contribution in [3.63, 3.8) is 0 Å². The molecule has 1 atom stereocenters. The van der Waals surface area contributed by atoms with Gasteiger partial charge < -0.3 is 5.32 Å². The van der Waals surface area contributed by atoms with Gasteiger partial charge in [0, 0.05) is 31.2 Å². The minimum atomic E-state index is -3.78. The van der Waals surface area contributed by atoms with Crippen molar-refractivity contribution in [2.45, 2.75) is 24.3 Å². The molecule has 1 aliphatic rings. The second kappa shape index (κ2) is 8.99. The Hall–Kier alpha value is -3.04. The number of benzene rings is 2. The van der Waals surface area contributed by atoms with E-state index in [0.717, 1.165) is 17.7 Å². The maximum atomic E-state index is 13.2. The molecule has 9 heteroatoms. The van der Waals surface area contributed by atoms with Crippen LogP contribution in [0.25, 0.3) is 0 Å². The zero-order chi connectivity index (χ0) is 21.8. The van der Waals surface area contributed by atoms with Crippen LogP contribution in [0.4, 0.5) is 10.1 Å². The molecule has 7 nitrogen and oxygen atoms in total. The van der Waals surface area contributed by atoms with Gasteiger partial charge >= 0.3 is 0 Å². The normalized spacial score (nSPS) is 17.4. The average molecular weight is 443 g/mol. The van der Waals surface area contributed by atoms with Crippen molar-refractivity contribution >= 4 is 21.6 Å². The van der Waals surface area contributed by atoms with Crippen LogP contribution in [0.5, 0.6) is 0 Å². The minimum absolute atomic E-state index is 0.0290. The fourth-order valence-corrected chi connectivity index (χ4v) is 5.23. The summed E-state index contributed by atoms with van der Waals surface area (Å²) < 4.78 is 42.0. The van der Waals surface area contributed by atoms with Crippen LogP contribution in [-0.2, 0) is 21.4 Å². The van der Waals surface area contributed by atoms with Crippen LogP contribution in [-0.4, -0.2) is 41.5 Å². The first-order valence-corrected chi connectivity index (χ1v) is 11.5. The molecule has 0 spiro atoms. The molecular formula is C22H23FN4O3S. The monoisotopic (exact) mass is 442 g/mol. The van der Waals surface area contributed by atoms with Crippen LogP contribution in [0, 0.1) is 11.7 Å². The van der Waals surface area contributed by atoms with Gasteiger partial charge in [0.25, 0.3) is 0 Å². The maximum absolute atomic E-state index is 13.2. The van der Waals surface area contributed by atoms with E-state index < -0.39 is 21.8 Å². The fraction of sp³-hybridized carbons (Fsp3) is 0.273. The zero-order valence-electron chi connectivity index (χ0n) is 16.8. The van der Waals surface area contributed by atoms with E-state index in [9.17, 15) is 17.6 Å². The summed E-state index contributed by atoms with van der Waals surface area (Å²) in [6.07, 6.45) is 4.76. The zero-order valence-corrected chi connectivity index (χ0v) is 17.6. The Labute approximate surface area is 180 Å². The van der Waals surface area contributed by atoms with E-state index in [1.807, 2.05) is 30.5 Å². The largest absolute Gasteiger partial charge is 0.326 e. The molecule has 0 bridgehead atoms. The number of piperidine rings is 1. The first-order chi connectivity index (χ1) is 14.9. The summed E-state index contributed by atoms with van der Waals surface area (Å²) in [6, 6.07) is 14.1. The van der Waals surface area contributed by atoms with E-state index in [2.05, 4.69) is 10.4 Å². The number of rotatable bonds is 6. The second-order valence-corrected chi connectivity index (χ2v) is 9.49. The summed E-state index contributed by atoms with van der Waals surface area (Å²) in [6.45, 7) is 1.02. The summed E-state index contributed by atoms with van der Waals surface area (Å²) in [5, 5.41) is 7.09. The van der Waals surface area contributed by atoms with Crippen LogP contribution >= 0.6 is 0 Å². The Balaban J connectivity index is 1.43. The van der Waals surface area contributed by atoms with Crippen molar-refractivity contribution in [2.75, 3.05) is 18.4 Å². The number of aromatic nitrogens is 2. The molecule has 4 rings (SSSR count). The van der Waals surface area contributed by atoms with E-state index in [-0.39, 0.29) is 17.3 Å². The molecular weight excluding hydrogens is 419 g/mol. The summed E-state index contributed by atoms with van der Waals surface area (Å²) >= 11 is 0. The van der Waals surface area contributed by atoms with E-state index in [1.54, 1.807) is 16.9 Å². The number of sulfonamides is 1. The predicted octanol–water partition coefficient (Wildman–Crippen LogP) is 3.11. The average Bonchev–Trinajstić information content (AvgIpc) is 3.27. The number of nitrogens with zero attached hydrogens (tertiary/aromatic N) is 3. The van der Waals surface area contributed by atoms with Gasteiger partial charge in [-0.2, -0.15) is 9.40 Å². The number of carbonyl (C=O) groups excluding carboxylic acids is 1. The van der Waals surface area contributed by atoms with E-state index in [0.29, 0.717) is 31.6 Å². The van der Waals surface area contributed by atoms with Gasteiger partial charge in [0.05, 0.1) is 17.4 Å². The molecule has 1 aliphatic heterocycles. The Morgan fingerprint density at radius 3 is 2.71 bits per heavy atom. The topological polar surface area (TPSA) is 84.3 Å². The van der Waals surface area contributed by atoms with E-state index in [4.69, 9.17) is 0 Å². The SMILES string of the molecule is O=C(Nc1cccc(Cn2cccn2)c1)C1CCCN(S(=O)(=O)c2ccc(F)cc2)C1. The molecule has 162 valence electrons. The van der Waals surface area contributed by atoms with Crippen LogP contribution in [0.3, 0.4) is 0 Å². The Bertz CT molecular complexity index is 1150. The molecule has 0 radical (unpaired) electrons. The molecule has 2 heterocycles. The summed E-state index contributed by atoms with van der Waals surface area (Å²) in [5.41, 5.74) is 1.65. The molecule has 2 aromatic carbocycles. The van der Waals surface area contributed by atoms with Crippen LogP contribution in [0.2, 0.25) is 0 Å². The van der Waals surface area contributed by atoms with Crippen molar-refractivity contribution in [1.29, 1.82) is 0 Å². The summed E-state index contributed by atoms with van der Waals surface area (Å²) in [7, 11) is -3.78. The van der Waals surface area contributed by atoms with Crippen molar-refractivity contribution in [3.05, 3.63) is 78.4 Å². The van der Waals surface area contributed by atoms with Gasteiger partial charge in [0.1, 0.15) is 5.82 Å². The molecule has 1 amide bonds. The summed E-state index contributed by atoms with van der Waals surface area (Å²) in [4.78, 5) is 12.9. The smallest absolute Gasteiger partial charge is 0.243 e.